The number of esters is 1. The van der Waals surface area contributed by atoms with E-state index in [4.69, 9.17) is 0 Å². The van der Waals surface area contributed by atoms with E-state index in [9.17, 15) is 9.59 Å². The molecule has 0 radical (unpaired) electrons. The quantitative estimate of drug-likeness (QED) is 0.721. The number of anilines is 1. The minimum absolute atomic E-state index is 0.224. The Hall–Kier alpha value is -2.67. The fourth-order valence-corrected chi connectivity index (χ4v) is 2.71. The topological polar surface area (TPSA) is 96.1 Å². The van der Waals surface area contributed by atoms with Gasteiger partial charge < -0.3 is 15.4 Å². The molecular weight excluding hydrogens is 308 g/mol. The lowest BCUT2D eigenvalue weighted by Crippen LogP contribution is -2.25. The third-order valence-electron chi connectivity index (χ3n) is 4.08. The first-order valence-corrected chi connectivity index (χ1v) is 7.91. The van der Waals surface area contributed by atoms with Crippen LogP contribution < -0.4 is 10.6 Å². The highest BCUT2D eigenvalue weighted by molar-refractivity contribution is 6.04. The third kappa shape index (κ3) is 3.62. The highest BCUT2D eigenvalue weighted by Crippen LogP contribution is 2.17. The number of hydrogen-bond donors (Lipinski definition) is 3. The van der Waals surface area contributed by atoms with Crippen LogP contribution in [0.1, 0.15) is 33.7 Å². The molecule has 1 aromatic heterocycles. The van der Waals surface area contributed by atoms with Crippen LogP contribution in [0.4, 0.5) is 5.69 Å². The number of aryl methyl sites for hydroxylation is 1. The van der Waals surface area contributed by atoms with Gasteiger partial charge in [-0.2, -0.15) is 5.10 Å². The van der Waals surface area contributed by atoms with Crippen molar-refractivity contribution in [1.82, 2.24) is 15.5 Å². The molecule has 0 fully saturated rings. The number of benzene rings is 1. The first-order valence-electron chi connectivity index (χ1n) is 7.91. The maximum Gasteiger partial charge on any atom is 0.305 e. The molecule has 1 aliphatic rings. The maximum absolute atomic E-state index is 12.4. The molecule has 0 bridgehead atoms. The number of fused-ring (bicyclic) bond motifs is 1. The van der Waals surface area contributed by atoms with Crippen molar-refractivity contribution >= 4 is 17.6 Å². The van der Waals surface area contributed by atoms with Crippen LogP contribution in [-0.4, -0.2) is 35.7 Å². The van der Waals surface area contributed by atoms with Crippen molar-refractivity contribution in [3.8, 4) is 0 Å². The number of nitrogens with one attached hydrogen (secondary N) is 3. The highest BCUT2D eigenvalue weighted by atomic mass is 16.5. The van der Waals surface area contributed by atoms with Gasteiger partial charge in [-0.25, -0.2) is 0 Å². The Balaban J connectivity index is 1.62. The van der Waals surface area contributed by atoms with Gasteiger partial charge in [-0.1, -0.05) is 12.1 Å². The van der Waals surface area contributed by atoms with Crippen LogP contribution in [0.2, 0.25) is 0 Å². The van der Waals surface area contributed by atoms with E-state index in [1.54, 1.807) is 0 Å². The van der Waals surface area contributed by atoms with Crippen molar-refractivity contribution in [2.45, 2.75) is 25.8 Å². The summed E-state index contributed by atoms with van der Waals surface area (Å²) in [6, 6.07) is 7.42. The molecule has 126 valence electrons. The number of H-pyrrole nitrogens is 1. The van der Waals surface area contributed by atoms with Crippen molar-refractivity contribution in [3.63, 3.8) is 0 Å². The monoisotopic (exact) mass is 328 g/mol. The van der Waals surface area contributed by atoms with E-state index >= 15 is 0 Å². The summed E-state index contributed by atoms with van der Waals surface area (Å²) in [6.45, 7) is 1.55. The van der Waals surface area contributed by atoms with Gasteiger partial charge in [0.1, 0.15) is 0 Å². The molecule has 1 aromatic carbocycles. The second-order valence-electron chi connectivity index (χ2n) is 5.68. The van der Waals surface area contributed by atoms with Crippen molar-refractivity contribution in [2.75, 3.05) is 19.0 Å². The zero-order valence-electron chi connectivity index (χ0n) is 13.5. The van der Waals surface area contributed by atoms with Gasteiger partial charge in [-0.05, 0) is 24.1 Å². The molecule has 0 saturated carbocycles. The molecule has 0 atom stereocenters. The van der Waals surface area contributed by atoms with Crippen molar-refractivity contribution < 1.29 is 14.3 Å². The molecule has 3 N–H and O–H groups in total. The number of ether oxygens (including phenoxy) is 1. The Labute approximate surface area is 139 Å². The molecule has 0 unspecified atom stereocenters. The summed E-state index contributed by atoms with van der Waals surface area (Å²) in [5, 5.41) is 13.2. The lowest BCUT2D eigenvalue weighted by Gasteiger charge is -2.13. The smallest absolute Gasteiger partial charge is 0.305 e. The number of carbonyl (C=O) groups excluding carboxylic acids is 2. The molecule has 2 aromatic rings. The van der Waals surface area contributed by atoms with Gasteiger partial charge in [0.15, 0.2) is 5.69 Å². The first kappa shape index (κ1) is 16.2. The van der Waals surface area contributed by atoms with Crippen molar-refractivity contribution in [1.29, 1.82) is 0 Å². The largest absolute Gasteiger partial charge is 0.469 e. The molecule has 2 heterocycles. The molecular formula is C17H20N4O3. The summed E-state index contributed by atoms with van der Waals surface area (Å²) >= 11 is 0. The Kier molecular flexibility index (Phi) is 4.90. The van der Waals surface area contributed by atoms with Crippen LogP contribution >= 0.6 is 0 Å². The highest BCUT2D eigenvalue weighted by Gasteiger charge is 2.21. The predicted molar refractivity (Wildman–Crippen MR) is 88.7 cm³/mol. The van der Waals surface area contributed by atoms with Crippen LogP contribution in [0.5, 0.6) is 0 Å². The first-order chi connectivity index (χ1) is 11.7. The fourth-order valence-electron chi connectivity index (χ4n) is 2.71. The molecule has 3 rings (SSSR count). The second-order valence-corrected chi connectivity index (χ2v) is 5.68. The zero-order valence-corrected chi connectivity index (χ0v) is 13.5. The lowest BCUT2D eigenvalue weighted by molar-refractivity contribution is -0.140. The summed E-state index contributed by atoms with van der Waals surface area (Å²) in [5.41, 5.74) is 4.11. The SMILES string of the molecule is COC(=O)CCc1ccc(NC(=O)c2n[nH]c3c2CNCC3)cc1. The van der Waals surface area contributed by atoms with Crippen LogP contribution in [-0.2, 0) is 28.9 Å². The molecule has 7 nitrogen and oxygen atoms in total. The molecule has 0 saturated heterocycles. The molecule has 24 heavy (non-hydrogen) atoms. The Morgan fingerprint density at radius 2 is 2.08 bits per heavy atom. The normalized spacial score (nSPS) is 13.2. The molecule has 7 heteroatoms. The minimum atomic E-state index is -0.232. The van der Waals surface area contributed by atoms with Crippen LogP contribution in [0.3, 0.4) is 0 Å². The average molecular weight is 328 g/mol. The summed E-state index contributed by atoms with van der Waals surface area (Å²) in [4.78, 5) is 23.6. The van der Waals surface area contributed by atoms with Gasteiger partial charge in [-0.3, -0.25) is 14.7 Å². The van der Waals surface area contributed by atoms with E-state index < -0.39 is 0 Å². The van der Waals surface area contributed by atoms with E-state index in [-0.39, 0.29) is 11.9 Å². The molecule has 0 aliphatic carbocycles. The van der Waals surface area contributed by atoms with Crippen LogP contribution in [0.15, 0.2) is 24.3 Å². The number of methoxy groups -OCH3 is 1. The van der Waals surface area contributed by atoms with Gasteiger partial charge in [0.2, 0.25) is 0 Å². The Morgan fingerprint density at radius 3 is 2.83 bits per heavy atom. The number of carbonyl (C=O) groups is 2. The molecule has 1 aliphatic heterocycles. The van der Waals surface area contributed by atoms with Crippen LogP contribution in [0.25, 0.3) is 0 Å². The van der Waals surface area contributed by atoms with E-state index in [2.05, 4.69) is 25.6 Å². The predicted octanol–water partition coefficient (Wildman–Crippen LogP) is 1.41. The van der Waals surface area contributed by atoms with Gasteiger partial charge in [-0.15, -0.1) is 0 Å². The Morgan fingerprint density at radius 1 is 1.29 bits per heavy atom. The minimum Gasteiger partial charge on any atom is -0.469 e. The van der Waals surface area contributed by atoms with Gasteiger partial charge >= 0.3 is 5.97 Å². The average Bonchev–Trinajstić information content (AvgIpc) is 3.05. The number of amides is 1. The number of aromatic nitrogens is 2. The van der Waals surface area contributed by atoms with Crippen LogP contribution in [0, 0.1) is 0 Å². The van der Waals surface area contributed by atoms with Gasteiger partial charge in [0.25, 0.3) is 5.91 Å². The van der Waals surface area contributed by atoms with Crippen molar-refractivity contribution in [3.05, 3.63) is 46.8 Å². The number of nitrogens with zero attached hydrogens (tertiary/aromatic N) is 1. The number of hydrogen-bond acceptors (Lipinski definition) is 5. The van der Waals surface area contributed by atoms with Gasteiger partial charge in [0, 0.05) is 42.9 Å². The standard InChI is InChI=1S/C17H20N4O3/c1-24-15(22)7-4-11-2-5-12(6-3-11)19-17(23)16-13-10-18-9-8-14(13)20-21-16/h2-3,5-6,18H,4,7-10H2,1H3,(H,19,23)(H,20,21). The van der Waals surface area contributed by atoms with E-state index in [1.165, 1.54) is 7.11 Å². The zero-order chi connectivity index (χ0) is 16.9. The number of aromatic amines is 1. The maximum atomic E-state index is 12.4. The summed E-state index contributed by atoms with van der Waals surface area (Å²) in [6.07, 6.45) is 1.80. The molecule has 0 spiro atoms. The lowest BCUT2D eigenvalue weighted by atomic mass is 10.1. The molecule has 1 amide bonds. The fraction of sp³-hybridized carbons (Fsp3) is 0.353. The third-order valence-corrected chi connectivity index (χ3v) is 4.08. The van der Waals surface area contributed by atoms with E-state index in [0.29, 0.717) is 30.8 Å². The second kappa shape index (κ2) is 7.27. The summed E-state index contributed by atoms with van der Waals surface area (Å²) < 4.78 is 4.62. The van der Waals surface area contributed by atoms with Gasteiger partial charge in [0.05, 0.1) is 7.11 Å². The summed E-state index contributed by atoms with van der Waals surface area (Å²) in [7, 11) is 1.38. The Bertz CT molecular complexity index is 737. The number of rotatable bonds is 5. The van der Waals surface area contributed by atoms with E-state index in [0.717, 1.165) is 29.8 Å². The van der Waals surface area contributed by atoms with Crippen molar-refractivity contribution in [2.24, 2.45) is 0 Å². The summed E-state index contributed by atoms with van der Waals surface area (Å²) in [5.74, 6) is -0.456. The van der Waals surface area contributed by atoms with E-state index in [1.807, 2.05) is 24.3 Å².